The molecule has 51 heteroatoms. The summed E-state index contributed by atoms with van der Waals surface area (Å²) < 4.78 is 0. The number of aromatic nitrogens is 2. The van der Waals surface area contributed by atoms with Gasteiger partial charge in [0.2, 0.25) is 106 Å². The second-order valence-corrected chi connectivity index (χ2v) is 35.2. The molecule has 16 atom stereocenters. The number of phenolic OH excluding ortho intramolecular Hbond substituents is 1. The number of amides is 18. The molecular formula is C84H137N29O21S. The number of carbonyl (C=O) groups is 18. The first-order chi connectivity index (χ1) is 63.4. The van der Waals surface area contributed by atoms with Gasteiger partial charge in [-0.25, -0.2) is 4.98 Å². The molecule has 0 spiro atoms. The lowest BCUT2D eigenvalue weighted by Gasteiger charge is -2.30. The summed E-state index contributed by atoms with van der Waals surface area (Å²) in [6.45, 7) is 15.8. The number of carbonyl (C=O) groups excluding carboxylic acids is 18. The highest BCUT2D eigenvalue weighted by molar-refractivity contribution is 7.09. The Kier molecular flexibility index (Phi) is 50.3. The van der Waals surface area contributed by atoms with Crippen molar-refractivity contribution in [1.82, 2.24) is 106 Å². The van der Waals surface area contributed by atoms with E-state index in [0.29, 0.717) is 10.4 Å². The van der Waals surface area contributed by atoms with Crippen molar-refractivity contribution in [1.29, 1.82) is 16.2 Å². The number of nitrogens with one attached hydrogen (secondary N) is 22. The van der Waals surface area contributed by atoms with E-state index in [4.69, 9.17) is 50.6 Å². The van der Waals surface area contributed by atoms with Crippen LogP contribution in [0.15, 0.2) is 54.3 Å². The quantitative estimate of drug-likeness (QED) is 0.0142. The Hall–Kier alpha value is -13.9. The molecule has 0 aliphatic rings. The first-order valence-corrected chi connectivity index (χ1v) is 44.9. The van der Waals surface area contributed by atoms with Crippen LogP contribution < -0.4 is 130 Å². The Morgan fingerprint density at radius 1 is 0.407 bits per heavy atom. The Morgan fingerprint density at radius 3 is 1.15 bits per heavy atom. The van der Waals surface area contributed by atoms with Crippen molar-refractivity contribution in [2.24, 2.45) is 58.1 Å². The number of imidazole rings is 1. The number of rotatable bonds is 62. The topological polar surface area (TPSA) is 841 Å². The van der Waals surface area contributed by atoms with Crippen molar-refractivity contribution in [3.8, 4) is 5.75 Å². The lowest BCUT2D eigenvalue weighted by atomic mass is 9.98. The Labute approximate surface area is 785 Å². The first-order valence-electron chi connectivity index (χ1n) is 44.1. The predicted octanol–water partition coefficient (Wildman–Crippen LogP) is -7.90. The van der Waals surface area contributed by atoms with Gasteiger partial charge in [0.1, 0.15) is 96.4 Å². The SMILES string of the molecule is CC(=O)N[C@@H](C)C(=O)N[C@@H](CO)C(=O)N[C@@H](CC(C)C)C(=O)N[C@@H](CCCNC(=N)N)C(=O)N[C@@H](Cc1cnc[nH]1)C(=O)N[C@@H](Cc1cccs1)C(=O)N[C@@H](CC(C)C)C(=O)N[C@@H](CC(N)=O)C(=O)N[C@@H](CC(C)C)C(=O)N[C@H](C(=O)N[C@H](C(=O)N[C@@H](CCCNC(=N)N)C(=O)N[C@@H](CCC(N)=O)C(=O)N[C@@H](CCCNC(=N)N)C(=O)N[C@@H](Cc1ccc(O)cc1)C(N)=O)[C@@H](C)O)C(C)C. The lowest BCUT2D eigenvalue weighted by molar-refractivity contribution is -0.138. The number of guanidine groups is 3. The molecule has 750 valence electrons. The normalized spacial score (nSPS) is 14.7. The molecule has 37 N–H and O–H groups in total. The van der Waals surface area contributed by atoms with Gasteiger partial charge in [0, 0.05) is 69.0 Å². The van der Waals surface area contributed by atoms with Gasteiger partial charge in [0.05, 0.1) is 25.5 Å². The van der Waals surface area contributed by atoms with E-state index in [1.54, 1.807) is 59.1 Å². The summed E-state index contributed by atoms with van der Waals surface area (Å²) in [4.78, 5) is 259. The zero-order valence-electron chi connectivity index (χ0n) is 77.7. The summed E-state index contributed by atoms with van der Waals surface area (Å²) in [7, 11) is 0. The second kappa shape index (κ2) is 58.9. The molecule has 0 unspecified atom stereocenters. The fourth-order valence-electron chi connectivity index (χ4n) is 13.5. The number of aliphatic hydroxyl groups excluding tert-OH is 2. The Bertz CT molecular complexity index is 4500. The molecular weight excluding hydrogens is 1780 g/mol. The van der Waals surface area contributed by atoms with Crippen LogP contribution in [-0.4, -0.2) is 272 Å². The van der Waals surface area contributed by atoms with E-state index >= 15 is 0 Å². The Morgan fingerprint density at radius 2 is 0.770 bits per heavy atom. The van der Waals surface area contributed by atoms with E-state index < -0.39 is 265 Å². The van der Waals surface area contributed by atoms with Crippen LogP contribution >= 0.6 is 11.3 Å². The number of H-pyrrole nitrogens is 1. The fourth-order valence-corrected chi connectivity index (χ4v) is 14.3. The monoisotopic (exact) mass is 1920 g/mol. The van der Waals surface area contributed by atoms with Crippen LogP contribution in [0.5, 0.6) is 5.75 Å². The largest absolute Gasteiger partial charge is 0.508 e. The number of aromatic amines is 1. The molecule has 0 radical (unpaired) electrons. The molecule has 1 aromatic carbocycles. The average Bonchev–Trinajstić information content (AvgIpc) is 1.81. The molecule has 0 fully saturated rings. The summed E-state index contributed by atoms with van der Waals surface area (Å²) >= 11 is 1.19. The lowest BCUT2D eigenvalue weighted by Crippen LogP contribution is -2.63. The van der Waals surface area contributed by atoms with Crippen molar-refractivity contribution in [2.45, 2.75) is 269 Å². The maximum Gasteiger partial charge on any atom is 0.245 e. The van der Waals surface area contributed by atoms with Gasteiger partial charge in [-0.1, -0.05) is 73.6 Å². The molecule has 0 aliphatic carbocycles. The highest BCUT2D eigenvalue weighted by Crippen LogP contribution is 2.19. The van der Waals surface area contributed by atoms with Gasteiger partial charge >= 0.3 is 0 Å². The Balaban J connectivity index is 2.00. The molecule has 50 nitrogen and oxygen atoms in total. The third-order valence-corrected chi connectivity index (χ3v) is 21.3. The molecule has 0 saturated heterocycles. The molecule has 0 saturated carbocycles. The zero-order chi connectivity index (χ0) is 102. The number of thiophene rings is 1. The summed E-state index contributed by atoms with van der Waals surface area (Å²) in [6, 6.07) is -14.8. The van der Waals surface area contributed by atoms with Crippen molar-refractivity contribution >= 4 is 136 Å². The number of phenols is 1. The van der Waals surface area contributed by atoms with E-state index in [1.807, 2.05) is 0 Å². The summed E-state index contributed by atoms with van der Waals surface area (Å²) in [6.07, 6.45) is -2.83. The van der Waals surface area contributed by atoms with Gasteiger partial charge in [0.15, 0.2) is 17.9 Å². The minimum Gasteiger partial charge on any atom is -0.508 e. The first kappa shape index (κ1) is 115. The number of benzene rings is 1. The van der Waals surface area contributed by atoms with Crippen LogP contribution in [0.25, 0.3) is 0 Å². The van der Waals surface area contributed by atoms with E-state index in [2.05, 4.69) is 106 Å². The molecule has 0 aliphatic heterocycles. The zero-order valence-corrected chi connectivity index (χ0v) is 78.5. The van der Waals surface area contributed by atoms with Crippen LogP contribution in [-0.2, 0) is 106 Å². The van der Waals surface area contributed by atoms with E-state index in [9.17, 15) is 102 Å². The maximum absolute atomic E-state index is 15.0. The maximum atomic E-state index is 15.0. The molecule has 0 bridgehead atoms. The van der Waals surface area contributed by atoms with Crippen molar-refractivity contribution in [3.05, 3.63) is 70.4 Å². The van der Waals surface area contributed by atoms with Gasteiger partial charge in [-0.3, -0.25) is 103 Å². The standard InChI is InChI=1S/C84H137N29O21S/c1-40(2)30-56(107-79(132)62(38-114)111-68(121)44(9)99-46(11)116)73(126)101-52(18-13-27-96-83(90)91)71(124)108-59(34-48-37-94-39-98-48)75(128)109-60(35-50-16-15-29-135-50)76(129)105-57(31-41(3)4)74(127)110-61(36-64(86)119)77(130)106-58(32-42(5)6)78(131)112-65(43(7)8)80(133)113-66(45(10)115)81(134)103-53(19-14-28-97-84(92)93)69(122)102-54(24-25-63(85)118)72(125)100-51(17-12-26-95-82(88)89)70(123)104-55(67(87)120)33-47-20-22-49(117)23-21-47/h15-16,20-23,29,37,39-45,51-62,65-66,114-115,117H,12-14,17-19,24-28,30-36,38H2,1-11H3,(H2,85,118)(H2,86,119)(H2,87,120)(H,94,98)(H,99,116)(H,100,125)(H,101,126)(H,102,122)(H,103,134)(H,104,123)(H,105,129)(H,106,130)(H,107,132)(H,108,124)(H,109,128)(H,110,127)(H,111,121)(H,112,131)(H,113,133)(H4,88,89,95)(H4,90,91,96)(H4,92,93,97)/t44-,45+,51-,52-,53-,54-,55-,56-,57-,58-,59-,60-,61-,62-,65-,66-/m0/s1. The van der Waals surface area contributed by atoms with Crippen LogP contribution in [0.3, 0.4) is 0 Å². The van der Waals surface area contributed by atoms with Crippen molar-refractivity contribution in [2.75, 3.05) is 26.2 Å². The van der Waals surface area contributed by atoms with Crippen molar-refractivity contribution < 1.29 is 102 Å². The second-order valence-electron chi connectivity index (χ2n) is 34.1. The summed E-state index contributed by atoms with van der Waals surface area (Å²) in [5, 5.41) is 101. The number of aromatic hydroxyl groups is 1. The molecule has 135 heavy (non-hydrogen) atoms. The van der Waals surface area contributed by atoms with Crippen LogP contribution in [0.4, 0.5) is 0 Å². The van der Waals surface area contributed by atoms with Crippen molar-refractivity contribution in [3.63, 3.8) is 0 Å². The fraction of sp³-hybridized carbons (Fsp3) is 0.595. The molecule has 3 aromatic rings. The highest BCUT2D eigenvalue weighted by atomic mass is 32.1. The number of nitrogens with two attached hydrogens (primary N) is 6. The minimum atomic E-state index is -1.95. The third kappa shape index (κ3) is 44.5. The molecule has 3 rings (SSSR count). The number of primary amides is 3. The summed E-state index contributed by atoms with van der Waals surface area (Å²) in [5.41, 5.74) is 34.1. The smallest absolute Gasteiger partial charge is 0.245 e. The van der Waals surface area contributed by atoms with Gasteiger partial charge in [-0.15, -0.1) is 11.3 Å². The van der Waals surface area contributed by atoms with Gasteiger partial charge in [-0.2, -0.15) is 0 Å². The summed E-state index contributed by atoms with van der Waals surface area (Å²) in [5.74, 6) is -21.4. The predicted molar refractivity (Wildman–Crippen MR) is 493 cm³/mol. The van der Waals surface area contributed by atoms with Crippen LogP contribution in [0, 0.1) is 39.9 Å². The molecule has 2 heterocycles. The van der Waals surface area contributed by atoms with Crippen LogP contribution in [0.2, 0.25) is 0 Å². The van der Waals surface area contributed by atoms with Gasteiger partial charge in [-0.05, 0) is 131 Å². The average molecular weight is 1920 g/mol. The number of hydrogen-bond donors (Lipinski definition) is 31. The third-order valence-electron chi connectivity index (χ3n) is 20.4. The van der Waals surface area contributed by atoms with E-state index in [-0.39, 0.29) is 114 Å². The van der Waals surface area contributed by atoms with Gasteiger partial charge < -0.3 is 150 Å². The van der Waals surface area contributed by atoms with Crippen LogP contribution in [0.1, 0.15) is 169 Å². The number of aliphatic hydroxyl groups is 2. The molecule has 2 aromatic heterocycles. The highest BCUT2D eigenvalue weighted by Gasteiger charge is 2.41. The number of nitrogens with zero attached hydrogens (tertiary/aromatic N) is 1. The van der Waals surface area contributed by atoms with E-state index in [1.165, 1.54) is 75.8 Å². The van der Waals surface area contributed by atoms with E-state index in [0.717, 1.165) is 6.92 Å². The number of hydrogen-bond acceptors (Lipinski definition) is 26. The van der Waals surface area contributed by atoms with Gasteiger partial charge in [0.25, 0.3) is 0 Å². The minimum absolute atomic E-state index is 0.0101. The molecule has 18 amide bonds.